The summed E-state index contributed by atoms with van der Waals surface area (Å²) in [5.74, 6) is 0. The Bertz CT molecular complexity index is 2280. The van der Waals surface area contributed by atoms with E-state index in [-0.39, 0.29) is 0 Å². The molecule has 0 unspecified atom stereocenters. The number of aryl methyl sites for hydroxylation is 2. The summed E-state index contributed by atoms with van der Waals surface area (Å²) in [4.78, 5) is 10.7. The minimum absolute atomic E-state index is 0.422. The molecule has 45 heavy (non-hydrogen) atoms. The summed E-state index contributed by atoms with van der Waals surface area (Å²) in [6, 6.07) is 36.1. The third kappa shape index (κ3) is 4.22. The summed E-state index contributed by atoms with van der Waals surface area (Å²) in [6.45, 7) is 12.9. The summed E-state index contributed by atoms with van der Waals surface area (Å²) in [5, 5.41) is 7.07. The Labute approximate surface area is 264 Å². The van der Waals surface area contributed by atoms with E-state index < -0.39 is 18.3 Å². The highest BCUT2D eigenvalue weighted by molar-refractivity contribution is 6.62. The summed E-state index contributed by atoms with van der Waals surface area (Å²) < 4.78 is 12.9. The molecule has 8 rings (SSSR count). The largest absolute Gasteiger partial charge is 0.494 e. The molecule has 1 aliphatic heterocycles. The number of rotatable bonds is 3. The third-order valence-corrected chi connectivity index (χ3v) is 10.0. The predicted octanol–water partition coefficient (Wildman–Crippen LogP) is 9.34. The van der Waals surface area contributed by atoms with Gasteiger partial charge in [0.25, 0.3) is 0 Å². The first-order valence-electron chi connectivity index (χ1n) is 15.7. The lowest BCUT2D eigenvalue weighted by Crippen LogP contribution is -2.41. The van der Waals surface area contributed by atoms with E-state index >= 15 is 0 Å². The Kier molecular flexibility index (Phi) is 6.19. The predicted molar refractivity (Wildman–Crippen MR) is 188 cm³/mol. The molecule has 0 bridgehead atoms. The summed E-state index contributed by atoms with van der Waals surface area (Å²) >= 11 is 0. The van der Waals surface area contributed by atoms with Crippen molar-refractivity contribution in [3.8, 4) is 22.5 Å². The van der Waals surface area contributed by atoms with Gasteiger partial charge in [0.1, 0.15) is 0 Å². The van der Waals surface area contributed by atoms with E-state index in [1.165, 1.54) is 32.7 Å². The maximum absolute atomic E-state index is 6.45. The highest BCUT2D eigenvalue weighted by atomic mass is 16.7. The van der Waals surface area contributed by atoms with E-state index in [2.05, 4.69) is 145 Å². The van der Waals surface area contributed by atoms with Crippen LogP contribution in [0.2, 0.25) is 0 Å². The lowest BCUT2D eigenvalue weighted by molar-refractivity contribution is 0.00578. The summed E-state index contributed by atoms with van der Waals surface area (Å²) in [5.41, 5.74) is 8.65. The molecule has 5 heteroatoms. The molecule has 3 heterocycles. The zero-order valence-corrected chi connectivity index (χ0v) is 26.6. The summed E-state index contributed by atoms with van der Waals surface area (Å²) in [6.07, 6.45) is 0. The summed E-state index contributed by atoms with van der Waals surface area (Å²) in [7, 11) is -0.461. The maximum atomic E-state index is 6.45. The molecule has 0 radical (unpaired) electrons. The molecule has 1 aliphatic rings. The van der Waals surface area contributed by atoms with Gasteiger partial charge in [0.15, 0.2) is 0 Å². The van der Waals surface area contributed by atoms with E-state index in [1.807, 2.05) is 0 Å². The molecule has 220 valence electrons. The highest BCUT2D eigenvalue weighted by Gasteiger charge is 2.51. The fraction of sp³-hybridized carbons (Fsp3) is 0.200. The topological polar surface area (TPSA) is 44.2 Å². The van der Waals surface area contributed by atoms with Crippen molar-refractivity contribution in [1.29, 1.82) is 0 Å². The minimum atomic E-state index is -0.461. The number of pyridine rings is 2. The van der Waals surface area contributed by atoms with E-state index in [0.717, 1.165) is 49.8 Å². The van der Waals surface area contributed by atoms with Crippen LogP contribution in [0.4, 0.5) is 0 Å². The lowest BCUT2D eigenvalue weighted by atomic mass is 9.78. The molecule has 0 N–H and O–H groups in total. The molecule has 0 atom stereocenters. The SMILES string of the molecule is Cc1c2c(-c3ccccc3)nc3cc(B4OC(C)(C)C(C)(C)O4)ccc3c2c(C)c2c(-c3ccccc3)nc3ccccc3c12. The second kappa shape index (κ2) is 9.97. The smallest absolute Gasteiger partial charge is 0.399 e. The molecule has 0 aliphatic carbocycles. The van der Waals surface area contributed by atoms with Crippen molar-refractivity contribution in [2.45, 2.75) is 52.7 Å². The van der Waals surface area contributed by atoms with Crippen molar-refractivity contribution in [3.63, 3.8) is 0 Å². The third-order valence-electron chi connectivity index (χ3n) is 10.0. The number of aromatic nitrogens is 2. The standard InChI is InChI=1S/C40H35BN2O2/c1-24-33-29-19-13-14-20-31(29)42-37(26-15-9-7-10-16-26)35(33)25(2)34-30-22-21-28(41-44-39(3,4)40(5,6)45-41)23-32(30)43-38(36(24)34)27-17-11-8-12-18-27/h7-23H,1-6H3. The highest BCUT2D eigenvalue weighted by Crippen LogP contribution is 2.45. The van der Waals surface area contributed by atoms with Crippen LogP contribution in [0.15, 0.2) is 103 Å². The minimum Gasteiger partial charge on any atom is -0.399 e. The van der Waals surface area contributed by atoms with E-state index in [1.54, 1.807) is 0 Å². The van der Waals surface area contributed by atoms with Crippen LogP contribution in [0.25, 0.3) is 65.9 Å². The van der Waals surface area contributed by atoms with Crippen LogP contribution >= 0.6 is 0 Å². The van der Waals surface area contributed by atoms with Crippen LogP contribution in [-0.4, -0.2) is 28.3 Å². The Hall–Kier alpha value is -4.58. The van der Waals surface area contributed by atoms with Crippen LogP contribution < -0.4 is 5.46 Å². The van der Waals surface area contributed by atoms with Gasteiger partial charge in [-0.3, -0.25) is 0 Å². The van der Waals surface area contributed by atoms with Crippen LogP contribution in [0.3, 0.4) is 0 Å². The molecule has 2 aromatic heterocycles. The second-order valence-electron chi connectivity index (χ2n) is 13.3. The number of benzene rings is 5. The second-order valence-corrected chi connectivity index (χ2v) is 13.3. The van der Waals surface area contributed by atoms with Crippen molar-refractivity contribution in [2.24, 2.45) is 0 Å². The first-order chi connectivity index (χ1) is 21.6. The normalized spacial score (nSPS) is 15.9. The zero-order valence-electron chi connectivity index (χ0n) is 26.6. The van der Waals surface area contributed by atoms with Gasteiger partial charge in [-0.15, -0.1) is 0 Å². The molecule has 1 saturated heterocycles. The Morgan fingerprint density at radius 2 is 0.978 bits per heavy atom. The number of hydrogen-bond acceptors (Lipinski definition) is 4. The van der Waals surface area contributed by atoms with E-state index in [4.69, 9.17) is 19.3 Å². The molecular weight excluding hydrogens is 551 g/mol. The van der Waals surface area contributed by atoms with Crippen LogP contribution in [0.1, 0.15) is 38.8 Å². The number of para-hydroxylation sites is 1. The molecule has 0 amide bonds. The first-order valence-corrected chi connectivity index (χ1v) is 15.7. The van der Waals surface area contributed by atoms with Crippen LogP contribution in [0.5, 0.6) is 0 Å². The maximum Gasteiger partial charge on any atom is 0.494 e. The van der Waals surface area contributed by atoms with Crippen molar-refractivity contribution in [2.75, 3.05) is 0 Å². The van der Waals surface area contributed by atoms with Gasteiger partial charge in [0, 0.05) is 32.7 Å². The van der Waals surface area contributed by atoms with Gasteiger partial charge >= 0.3 is 7.12 Å². The molecule has 0 spiro atoms. The van der Waals surface area contributed by atoms with Gasteiger partial charge in [-0.05, 0) is 81.0 Å². The average Bonchev–Trinajstić information content (AvgIpc) is 3.28. The van der Waals surface area contributed by atoms with E-state index in [0.29, 0.717) is 0 Å². The van der Waals surface area contributed by atoms with Gasteiger partial charge in [-0.1, -0.05) is 91.0 Å². The average molecular weight is 587 g/mol. The Morgan fingerprint density at radius 1 is 0.511 bits per heavy atom. The van der Waals surface area contributed by atoms with Gasteiger partial charge in [-0.25, -0.2) is 9.97 Å². The number of nitrogens with zero attached hydrogens (tertiary/aromatic N) is 2. The first kappa shape index (κ1) is 27.9. The number of fused-ring (bicyclic) bond motifs is 6. The van der Waals surface area contributed by atoms with Gasteiger partial charge < -0.3 is 9.31 Å². The van der Waals surface area contributed by atoms with E-state index in [9.17, 15) is 0 Å². The zero-order chi connectivity index (χ0) is 31.1. The van der Waals surface area contributed by atoms with Crippen molar-refractivity contribution in [3.05, 3.63) is 114 Å². The molecule has 5 aromatic carbocycles. The molecular formula is C40H35BN2O2. The Morgan fingerprint density at radius 3 is 1.53 bits per heavy atom. The quantitative estimate of drug-likeness (QED) is 0.118. The van der Waals surface area contributed by atoms with Crippen molar-refractivity contribution < 1.29 is 9.31 Å². The van der Waals surface area contributed by atoms with Crippen molar-refractivity contribution >= 4 is 55.9 Å². The molecule has 1 fully saturated rings. The lowest BCUT2D eigenvalue weighted by Gasteiger charge is -2.32. The van der Waals surface area contributed by atoms with Crippen molar-refractivity contribution in [1.82, 2.24) is 9.97 Å². The fourth-order valence-electron chi connectivity index (χ4n) is 6.99. The van der Waals surface area contributed by atoms with Gasteiger partial charge in [-0.2, -0.15) is 0 Å². The molecule has 0 saturated carbocycles. The van der Waals surface area contributed by atoms with Gasteiger partial charge in [0.2, 0.25) is 0 Å². The fourth-order valence-corrected chi connectivity index (χ4v) is 6.99. The molecule has 7 aromatic rings. The Balaban J connectivity index is 1.52. The van der Waals surface area contributed by atoms with Gasteiger partial charge in [0.05, 0.1) is 33.6 Å². The molecule has 4 nitrogen and oxygen atoms in total. The monoisotopic (exact) mass is 586 g/mol. The number of hydrogen-bond donors (Lipinski definition) is 0. The van der Waals surface area contributed by atoms with Crippen LogP contribution in [-0.2, 0) is 9.31 Å². The van der Waals surface area contributed by atoms with Crippen LogP contribution in [0, 0.1) is 13.8 Å².